The normalized spacial score (nSPS) is 35.6. The summed E-state index contributed by atoms with van der Waals surface area (Å²) in [7, 11) is -9.78. The molecule has 0 N–H and O–H groups in total. The van der Waals surface area contributed by atoms with Gasteiger partial charge in [0.15, 0.2) is 0 Å². The Bertz CT molecular complexity index is 525. The van der Waals surface area contributed by atoms with Crippen molar-refractivity contribution in [1.82, 2.24) is 0 Å². The van der Waals surface area contributed by atoms with Gasteiger partial charge in [-0.2, -0.15) is 0 Å². The summed E-state index contributed by atoms with van der Waals surface area (Å²) in [5.74, 6) is -0.389. The highest BCUT2D eigenvalue weighted by molar-refractivity contribution is 6.93. The Morgan fingerprint density at radius 3 is 1.41 bits per heavy atom. The van der Waals surface area contributed by atoms with Crippen molar-refractivity contribution in [2.24, 2.45) is 0 Å². The van der Waals surface area contributed by atoms with Crippen molar-refractivity contribution in [3.8, 4) is 0 Å². The summed E-state index contributed by atoms with van der Waals surface area (Å²) in [5.41, 5.74) is 0. The lowest BCUT2D eigenvalue weighted by Gasteiger charge is -2.50. The third kappa shape index (κ3) is 8.89. The summed E-state index contributed by atoms with van der Waals surface area (Å²) in [6.45, 7) is 19.0. The van der Waals surface area contributed by atoms with Gasteiger partial charge >= 0.3 is 40.2 Å². The second-order valence-electron chi connectivity index (χ2n) is 8.67. The minimum atomic E-state index is -2.55. The third-order valence-corrected chi connectivity index (χ3v) is 24.3. The zero-order chi connectivity index (χ0) is 22.2. The van der Waals surface area contributed by atoms with Gasteiger partial charge in [-0.3, -0.25) is 0 Å². The first kappa shape index (κ1) is 27.0. The zero-order valence-corrected chi connectivity index (χ0v) is 23.6. The molecule has 10 heteroatoms. The molecule has 0 radical (unpaired) electrons. The Labute approximate surface area is 182 Å². The largest absolute Gasteiger partial charge is 0.463 e. The maximum atomic E-state index is 11.3. The summed E-state index contributed by atoms with van der Waals surface area (Å²) >= 11 is 0. The monoisotopic (exact) mass is 478 g/mol. The molecule has 1 aliphatic heterocycles. The summed E-state index contributed by atoms with van der Waals surface area (Å²) in [6.07, 6.45) is 4.98. The van der Waals surface area contributed by atoms with E-state index in [0.717, 1.165) is 43.4 Å². The molecule has 170 valence electrons. The predicted octanol–water partition coefficient (Wildman–Crippen LogP) is 5.70. The second kappa shape index (κ2) is 11.5. The van der Waals surface area contributed by atoms with Gasteiger partial charge in [-0.05, 0) is 56.8 Å². The molecular formula is C19H42O6Si4. The van der Waals surface area contributed by atoms with Gasteiger partial charge in [-0.1, -0.05) is 46.6 Å². The fourth-order valence-corrected chi connectivity index (χ4v) is 27.9. The molecule has 0 aliphatic carbocycles. The standard InChI is InChI=1S/C19H42O6Si4/c1-9-15-26(5)22-27(6,16-10-2)24-29(8,18-13-14-21-19(20)12-4)25-28(7,23-26)17-11-3/h12H,4,9-11,13-18H2,1-3,5-8H3. The Morgan fingerprint density at radius 2 is 1.10 bits per heavy atom. The lowest BCUT2D eigenvalue weighted by atomic mass is 10.5. The molecule has 0 spiro atoms. The smallest absolute Gasteiger partial charge is 0.330 e. The molecule has 1 rings (SSSR count). The van der Waals surface area contributed by atoms with E-state index in [1.165, 1.54) is 6.08 Å². The van der Waals surface area contributed by atoms with E-state index in [4.69, 9.17) is 21.2 Å². The summed E-state index contributed by atoms with van der Waals surface area (Å²) in [6, 6.07) is 3.60. The van der Waals surface area contributed by atoms with Crippen LogP contribution in [0.1, 0.15) is 46.5 Å². The summed E-state index contributed by atoms with van der Waals surface area (Å²) in [5, 5.41) is 0. The van der Waals surface area contributed by atoms with Gasteiger partial charge in [-0.15, -0.1) is 0 Å². The van der Waals surface area contributed by atoms with Crippen LogP contribution in [0.15, 0.2) is 12.7 Å². The van der Waals surface area contributed by atoms with Crippen LogP contribution in [0.4, 0.5) is 0 Å². The molecule has 1 saturated heterocycles. The van der Waals surface area contributed by atoms with Crippen LogP contribution in [0.3, 0.4) is 0 Å². The number of carbonyl (C=O) groups excluding carboxylic acids is 1. The minimum absolute atomic E-state index is 0.349. The van der Waals surface area contributed by atoms with Crippen molar-refractivity contribution in [2.45, 2.75) is 96.8 Å². The van der Waals surface area contributed by atoms with E-state index in [1.807, 2.05) is 0 Å². The maximum Gasteiger partial charge on any atom is 0.330 e. The van der Waals surface area contributed by atoms with Gasteiger partial charge in [0, 0.05) is 6.08 Å². The highest BCUT2D eigenvalue weighted by Gasteiger charge is 2.55. The van der Waals surface area contributed by atoms with Crippen molar-refractivity contribution in [3.05, 3.63) is 12.7 Å². The van der Waals surface area contributed by atoms with Crippen LogP contribution in [0.25, 0.3) is 0 Å². The lowest BCUT2D eigenvalue weighted by Crippen LogP contribution is -2.67. The van der Waals surface area contributed by atoms with Gasteiger partial charge in [0.05, 0.1) is 6.61 Å². The minimum Gasteiger partial charge on any atom is -0.463 e. The average molecular weight is 479 g/mol. The molecule has 0 saturated carbocycles. The van der Waals surface area contributed by atoms with Crippen molar-refractivity contribution in [1.29, 1.82) is 0 Å². The SMILES string of the molecule is C=CC(=O)OCCC[Si]1(C)O[Si](C)(CCC)O[Si](C)(CCC)O[Si](C)(CCC)O1. The van der Waals surface area contributed by atoms with E-state index in [-0.39, 0.29) is 5.97 Å². The predicted molar refractivity (Wildman–Crippen MR) is 127 cm³/mol. The molecule has 0 aromatic carbocycles. The maximum absolute atomic E-state index is 11.3. The van der Waals surface area contributed by atoms with Crippen LogP contribution in [-0.2, 0) is 26.0 Å². The molecule has 29 heavy (non-hydrogen) atoms. The van der Waals surface area contributed by atoms with E-state index < -0.39 is 34.2 Å². The van der Waals surface area contributed by atoms with Gasteiger partial charge in [0.2, 0.25) is 0 Å². The van der Waals surface area contributed by atoms with Gasteiger partial charge in [0.25, 0.3) is 0 Å². The zero-order valence-electron chi connectivity index (χ0n) is 19.6. The Balaban J connectivity index is 3.11. The summed E-state index contributed by atoms with van der Waals surface area (Å²) in [4.78, 5) is 11.3. The molecule has 2 unspecified atom stereocenters. The second-order valence-corrected chi connectivity index (χ2v) is 23.0. The van der Waals surface area contributed by atoms with E-state index in [1.54, 1.807) is 0 Å². The van der Waals surface area contributed by atoms with Crippen molar-refractivity contribution < 1.29 is 26.0 Å². The molecular weight excluding hydrogens is 437 g/mol. The number of hydrogen-bond acceptors (Lipinski definition) is 6. The first-order chi connectivity index (χ1) is 13.5. The summed E-state index contributed by atoms with van der Waals surface area (Å²) < 4.78 is 32.7. The number of esters is 1. The first-order valence-corrected chi connectivity index (χ1v) is 21.2. The molecule has 6 nitrogen and oxygen atoms in total. The van der Waals surface area contributed by atoms with Crippen LogP contribution in [-0.4, -0.2) is 46.8 Å². The number of ether oxygens (including phenoxy) is 1. The molecule has 1 fully saturated rings. The van der Waals surface area contributed by atoms with Crippen molar-refractivity contribution >= 4 is 40.2 Å². The van der Waals surface area contributed by atoms with E-state index in [2.05, 4.69) is 53.5 Å². The van der Waals surface area contributed by atoms with Crippen LogP contribution >= 0.6 is 0 Å². The highest BCUT2D eigenvalue weighted by Crippen LogP contribution is 2.38. The van der Waals surface area contributed by atoms with Crippen LogP contribution < -0.4 is 0 Å². The van der Waals surface area contributed by atoms with Crippen LogP contribution in [0, 0.1) is 0 Å². The average Bonchev–Trinajstić information content (AvgIpc) is 2.56. The van der Waals surface area contributed by atoms with Crippen LogP contribution in [0.5, 0.6) is 0 Å². The van der Waals surface area contributed by atoms with E-state index in [0.29, 0.717) is 13.0 Å². The van der Waals surface area contributed by atoms with E-state index >= 15 is 0 Å². The molecule has 1 heterocycles. The number of carbonyl (C=O) groups is 1. The number of hydrogen-bond donors (Lipinski definition) is 0. The Kier molecular flexibility index (Phi) is 10.7. The molecule has 0 bridgehead atoms. The Morgan fingerprint density at radius 1 is 0.759 bits per heavy atom. The fraction of sp³-hybridized carbons (Fsp3) is 0.842. The highest BCUT2D eigenvalue weighted by atomic mass is 28.5. The first-order valence-electron chi connectivity index (χ1n) is 11.1. The van der Waals surface area contributed by atoms with Crippen molar-refractivity contribution in [3.63, 3.8) is 0 Å². The Hall–Kier alpha value is -0.0825. The third-order valence-electron chi connectivity index (χ3n) is 5.03. The quantitative estimate of drug-likeness (QED) is 0.164. The van der Waals surface area contributed by atoms with E-state index in [9.17, 15) is 4.79 Å². The molecule has 0 amide bonds. The molecule has 2 atom stereocenters. The molecule has 0 aromatic rings. The lowest BCUT2D eigenvalue weighted by molar-refractivity contribution is -0.137. The topological polar surface area (TPSA) is 63.2 Å². The fourth-order valence-electron chi connectivity index (χ4n) is 4.31. The number of rotatable bonds is 11. The van der Waals surface area contributed by atoms with Gasteiger partial charge in [0.1, 0.15) is 0 Å². The van der Waals surface area contributed by atoms with Gasteiger partial charge in [-0.25, -0.2) is 4.79 Å². The van der Waals surface area contributed by atoms with Crippen LogP contribution in [0.2, 0.25) is 50.4 Å². The van der Waals surface area contributed by atoms with Crippen molar-refractivity contribution in [2.75, 3.05) is 6.61 Å². The van der Waals surface area contributed by atoms with Gasteiger partial charge < -0.3 is 21.2 Å². The molecule has 1 aliphatic rings. The molecule has 0 aromatic heterocycles.